The molecule has 1 N–H and O–H groups in total. The topological polar surface area (TPSA) is 15.3 Å². The lowest BCUT2D eigenvalue weighted by Gasteiger charge is -2.48. The van der Waals surface area contributed by atoms with Gasteiger partial charge in [-0.05, 0) is 30.5 Å². The summed E-state index contributed by atoms with van der Waals surface area (Å²) in [5.74, 6) is 0. The second-order valence-corrected chi connectivity index (χ2v) is 5.85. The average molecular weight is 281 g/mol. The highest BCUT2D eigenvalue weighted by Crippen LogP contribution is 2.21. The first-order valence-electron chi connectivity index (χ1n) is 6.02. The number of nitrogens with one attached hydrogen (secondary N) is 1. The van der Waals surface area contributed by atoms with Crippen LogP contribution in [0.4, 0.5) is 0 Å². The SMILES string of the molecule is Brc1ccc(CCN2CC3CC(C2)N3)cc1. The van der Waals surface area contributed by atoms with Gasteiger partial charge in [-0.15, -0.1) is 0 Å². The van der Waals surface area contributed by atoms with E-state index in [2.05, 4.69) is 50.4 Å². The normalized spacial score (nSPS) is 28.8. The Morgan fingerprint density at radius 1 is 1.19 bits per heavy atom. The smallest absolute Gasteiger partial charge is 0.0213 e. The Kier molecular flexibility index (Phi) is 3.01. The zero-order chi connectivity index (χ0) is 11.0. The Morgan fingerprint density at radius 2 is 1.81 bits per heavy atom. The third-order valence-corrected chi connectivity index (χ3v) is 4.16. The molecule has 2 unspecified atom stereocenters. The molecule has 3 heterocycles. The number of fused-ring (bicyclic) bond motifs is 2. The number of benzene rings is 1. The zero-order valence-electron chi connectivity index (χ0n) is 9.32. The molecule has 86 valence electrons. The molecular weight excluding hydrogens is 264 g/mol. The van der Waals surface area contributed by atoms with Crippen LogP contribution in [0, 0.1) is 0 Å². The first-order chi connectivity index (χ1) is 7.79. The summed E-state index contributed by atoms with van der Waals surface area (Å²) in [6.07, 6.45) is 2.57. The summed E-state index contributed by atoms with van der Waals surface area (Å²) in [7, 11) is 0. The first-order valence-corrected chi connectivity index (χ1v) is 6.82. The van der Waals surface area contributed by atoms with Gasteiger partial charge in [0.25, 0.3) is 0 Å². The lowest BCUT2D eigenvalue weighted by molar-refractivity contribution is 0.0789. The van der Waals surface area contributed by atoms with Crippen molar-refractivity contribution in [1.82, 2.24) is 10.2 Å². The number of hydrogen-bond acceptors (Lipinski definition) is 2. The van der Waals surface area contributed by atoms with Gasteiger partial charge < -0.3 is 5.32 Å². The summed E-state index contributed by atoms with van der Waals surface area (Å²) in [6, 6.07) is 10.3. The number of halogens is 1. The molecular formula is C13H17BrN2. The van der Waals surface area contributed by atoms with Gasteiger partial charge in [-0.3, -0.25) is 4.90 Å². The Bertz CT molecular complexity index is 347. The summed E-state index contributed by atoms with van der Waals surface area (Å²) >= 11 is 3.47. The fourth-order valence-corrected chi connectivity index (χ4v) is 2.99. The highest BCUT2D eigenvalue weighted by atomic mass is 79.9. The van der Waals surface area contributed by atoms with Crippen LogP contribution in [0.2, 0.25) is 0 Å². The van der Waals surface area contributed by atoms with Crippen LogP contribution in [0.25, 0.3) is 0 Å². The maximum Gasteiger partial charge on any atom is 0.0213 e. The van der Waals surface area contributed by atoms with Gasteiger partial charge in [-0.25, -0.2) is 0 Å². The van der Waals surface area contributed by atoms with E-state index >= 15 is 0 Å². The molecule has 0 aliphatic carbocycles. The van der Waals surface area contributed by atoms with Crippen LogP contribution in [0.1, 0.15) is 12.0 Å². The number of nitrogens with zero attached hydrogens (tertiary/aromatic N) is 1. The van der Waals surface area contributed by atoms with E-state index in [9.17, 15) is 0 Å². The molecule has 0 saturated carbocycles. The number of piperazine rings is 1. The van der Waals surface area contributed by atoms with Gasteiger partial charge in [0.05, 0.1) is 0 Å². The summed E-state index contributed by atoms with van der Waals surface area (Å²) < 4.78 is 1.17. The standard InChI is InChI=1S/C13H17BrN2/c14-11-3-1-10(2-4-11)5-6-16-8-12-7-13(9-16)15-12/h1-4,12-13,15H,5-9H2. The van der Waals surface area contributed by atoms with Crippen molar-refractivity contribution in [3.8, 4) is 0 Å². The second-order valence-electron chi connectivity index (χ2n) is 4.93. The van der Waals surface area contributed by atoms with Crippen LogP contribution < -0.4 is 5.32 Å². The fraction of sp³-hybridized carbons (Fsp3) is 0.538. The highest BCUT2D eigenvalue weighted by Gasteiger charge is 2.35. The van der Waals surface area contributed by atoms with Gasteiger partial charge in [0, 0.05) is 36.2 Å². The van der Waals surface area contributed by atoms with E-state index in [-0.39, 0.29) is 0 Å². The zero-order valence-corrected chi connectivity index (χ0v) is 10.9. The number of rotatable bonds is 3. The summed E-state index contributed by atoms with van der Waals surface area (Å²) in [5, 5.41) is 3.57. The Morgan fingerprint density at radius 3 is 2.44 bits per heavy atom. The molecule has 3 aliphatic rings. The molecule has 0 radical (unpaired) electrons. The fourth-order valence-electron chi connectivity index (χ4n) is 2.73. The summed E-state index contributed by atoms with van der Waals surface area (Å²) in [6.45, 7) is 3.69. The van der Waals surface area contributed by atoms with E-state index in [1.54, 1.807) is 0 Å². The van der Waals surface area contributed by atoms with E-state index in [4.69, 9.17) is 0 Å². The molecule has 3 saturated heterocycles. The van der Waals surface area contributed by atoms with Crippen molar-refractivity contribution < 1.29 is 0 Å². The van der Waals surface area contributed by atoms with Crippen molar-refractivity contribution in [3.63, 3.8) is 0 Å². The molecule has 3 aliphatic heterocycles. The van der Waals surface area contributed by atoms with Gasteiger partial charge in [0.2, 0.25) is 0 Å². The Hall–Kier alpha value is -0.380. The first kappa shape index (κ1) is 10.8. The molecule has 4 rings (SSSR count). The maximum atomic E-state index is 3.57. The molecule has 3 heteroatoms. The van der Waals surface area contributed by atoms with Gasteiger partial charge in [0.1, 0.15) is 0 Å². The predicted molar refractivity (Wildman–Crippen MR) is 69.6 cm³/mol. The Balaban J connectivity index is 1.51. The molecule has 1 aromatic rings. The minimum Gasteiger partial charge on any atom is -0.309 e. The van der Waals surface area contributed by atoms with Crippen molar-refractivity contribution in [3.05, 3.63) is 34.3 Å². The minimum atomic E-state index is 0.781. The van der Waals surface area contributed by atoms with Crippen LogP contribution in [0.5, 0.6) is 0 Å². The third-order valence-electron chi connectivity index (χ3n) is 3.63. The van der Waals surface area contributed by atoms with Crippen molar-refractivity contribution in [2.75, 3.05) is 19.6 Å². The third kappa shape index (κ3) is 2.31. The average Bonchev–Trinajstić information content (AvgIpc) is 2.28. The molecule has 0 aromatic heterocycles. The van der Waals surface area contributed by atoms with E-state index in [1.807, 2.05) is 0 Å². The summed E-state index contributed by atoms with van der Waals surface area (Å²) in [5.41, 5.74) is 1.44. The van der Waals surface area contributed by atoms with E-state index < -0.39 is 0 Å². The van der Waals surface area contributed by atoms with E-state index in [0.29, 0.717) is 0 Å². The van der Waals surface area contributed by atoms with Crippen molar-refractivity contribution >= 4 is 15.9 Å². The van der Waals surface area contributed by atoms with Crippen LogP contribution in [0.3, 0.4) is 0 Å². The molecule has 3 fully saturated rings. The van der Waals surface area contributed by atoms with Gasteiger partial charge in [0.15, 0.2) is 0 Å². The van der Waals surface area contributed by atoms with Gasteiger partial charge in [-0.2, -0.15) is 0 Å². The monoisotopic (exact) mass is 280 g/mol. The molecule has 2 bridgehead atoms. The van der Waals surface area contributed by atoms with Crippen molar-refractivity contribution in [2.45, 2.75) is 24.9 Å². The van der Waals surface area contributed by atoms with Crippen LogP contribution in [-0.2, 0) is 6.42 Å². The molecule has 2 atom stereocenters. The van der Waals surface area contributed by atoms with E-state index in [0.717, 1.165) is 12.1 Å². The molecule has 1 aromatic carbocycles. The molecule has 0 spiro atoms. The largest absolute Gasteiger partial charge is 0.309 e. The van der Waals surface area contributed by atoms with E-state index in [1.165, 1.54) is 42.5 Å². The maximum absolute atomic E-state index is 3.57. The highest BCUT2D eigenvalue weighted by molar-refractivity contribution is 9.10. The van der Waals surface area contributed by atoms with Gasteiger partial charge in [-0.1, -0.05) is 28.1 Å². The lowest BCUT2D eigenvalue weighted by Crippen LogP contribution is -2.66. The minimum absolute atomic E-state index is 0.781. The Labute approximate surface area is 105 Å². The lowest BCUT2D eigenvalue weighted by atomic mass is 9.91. The van der Waals surface area contributed by atoms with Crippen molar-refractivity contribution in [1.29, 1.82) is 0 Å². The predicted octanol–water partition coefficient (Wildman–Crippen LogP) is 2.04. The van der Waals surface area contributed by atoms with Crippen LogP contribution in [-0.4, -0.2) is 36.6 Å². The quantitative estimate of drug-likeness (QED) is 0.912. The summed E-state index contributed by atoms with van der Waals surface area (Å²) in [4.78, 5) is 2.59. The molecule has 2 nitrogen and oxygen atoms in total. The van der Waals surface area contributed by atoms with Crippen molar-refractivity contribution in [2.24, 2.45) is 0 Å². The molecule has 0 amide bonds. The molecule has 16 heavy (non-hydrogen) atoms. The number of piperidine rings is 1. The van der Waals surface area contributed by atoms with Crippen LogP contribution in [0.15, 0.2) is 28.7 Å². The number of hydrogen-bond donors (Lipinski definition) is 1. The van der Waals surface area contributed by atoms with Gasteiger partial charge >= 0.3 is 0 Å². The second kappa shape index (κ2) is 4.47. The van der Waals surface area contributed by atoms with Crippen LogP contribution >= 0.6 is 15.9 Å².